The Kier molecular flexibility index (Phi) is 8.90. The van der Waals surface area contributed by atoms with Crippen LogP contribution in [0.5, 0.6) is 5.75 Å². The van der Waals surface area contributed by atoms with Crippen LogP contribution in [0.1, 0.15) is 47.8 Å². The fraction of sp³-hybridized carbons (Fsp3) is 0.118. The summed E-state index contributed by atoms with van der Waals surface area (Å²) in [5.41, 5.74) is 8.67. The van der Waals surface area contributed by atoms with Crippen LogP contribution < -0.4 is 10.1 Å². The first-order chi connectivity index (χ1) is 28.5. The van der Waals surface area contributed by atoms with Crippen LogP contribution in [0.4, 0.5) is 0 Å². The molecule has 58 heavy (non-hydrogen) atoms. The number of allylic oxidation sites excluding steroid dienone is 2. The van der Waals surface area contributed by atoms with E-state index in [-0.39, 0.29) is 23.6 Å². The molecule has 0 fully saturated rings. The third kappa shape index (κ3) is 6.71. The van der Waals surface area contributed by atoms with Crippen LogP contribution in [0.3, 0.4) is 0 Å². The lowest BCUT2D eigenvalue weighted by Gasteiger charge is -2.44. The van der Waals surface area contributed by atoms with Crippen molar-refractivity contribution in [1.82, 2.24) is 20.3 Å². The summed E-state index contributed by atoms with van der Waals surface area (Å²) in [6, 6.07) is 55.5. The number of aromatic nitrogens is 3. The van der Waals surface area contributed by atoms with Crippen LogP contribution in [0.15, 0.2) is 192 Å². The second-order valence-corrected chi connectivity index (χ2v) is 15.4. The standard InChI is InChI=1S/C51H40N6O/c1-51(2)41-25-15-16-26-43(41)58-44-28-27-37(32-42(44)51)38-29-39(49-54-45(33-17-7-3-8-18-33)52-46(55-49)34-19-9-4-10-20-34)31-40(30-38)50-56-47(35-21-11-5-12-22-35)53-48(57-50)36-23-13-6-14-24-36/h3-32,42,44-45H,1-2H3,(H,52,54,55). The summed E-state index contributed by atoms with van der Waals surface area (Å²) in [4.78, 5) is 25.7. The third-order valence-corrected chi connectivity index (χ3v) is 11.2. The SMILES string of the molecule is CC1(C)c2ccccc2OC2C=CC(c3cc(C4=NC(c5ccccc5)NC(c5ccccc5)=N4)cc(-c4nc(-c5ccccc5)nc(-c5ccccc5)n4)c3)=CC21. The summed E-state index contributed by atoms with van der Waals surface area (Å²) in [5.74, 6) is 4.18. The number of nitrogens with one attached hydrogen (secondary N) is 1. The molecule has 7 nitrogen and oxygen atoms in total. The molecule has 3 unspecified atom stereocenters. The van der Waals surface area contributed by atoms with E-state index in [2.05, 4.69) is 98.1 Å². The van der Waals surface area contributed by atoms with Gasteiger partial charge in [0.2, 0.25) is 0 Å². The third-order valence-electron chi connectivity index (χ3n) is 11.2. The van der Waals surface area contributed by atoms with Gasteiger partial charge in [-0.3, -0.25) is 0 Å². The van der Waals surface area contributed by atoms with E-state index in [0.717, 1.165) is 56.1 Å². The molecule has 3 heterocycles. The summed E-state index contributed by atoms with van der Waals surface area (Å²) in [6.45, 7) is 4.63. The predicted octanol–water partition coefficient (Wildman–Crippen LogP) is 10.7. The van der Waals surface area contributed by atoms with Crippen molar-refractivity contribution in [3.05, 3.63) is 210 Å². The van der Waals surface area contributed by atoms with Gasteiger partial charge in [-0.1, -0.05) is 166 Å². The van der Waals surface area contributed by atoms with E-state index < -0.39 is 0 Å². The van der Waals surface area contributed by atoms with E-state index in [4.69, 9.17) is 29.7 Å². The van der Waals surface area contributed by atoms with Crippen LogP contribution in [0, 0.1) is 5.92 Å². The van der Waals surface area contributed by atoms with Crippen molar-refractivity contribution >= 4 is 17.2 Å². The van der Waals surface area contributed by atoms with Crippen molar-refractivity contribution in [2.75, 3.05) is 0 Å². The Morgan fingerprint density at radius 3 is 1.74 bits per heavy atom. The number of aliphatic imine (C=N–C) groups is 2. The minimum atomic E-state index is -0.350. The van der Waals surface area contributed by atoms with Crippen molar-refractivity contribution in [3.63, 3.8) is 0 Å². The van der Waals surface area contributed by atoms with Crippen molar-refractivity contribution in [1.29, 1.82) is 0 Å². The van der Waals surface area contributed by atoms with Gasteiger partial charge in [0.15, 0.2) is 23.3 Å². The van der Waals surface area contributed by atoms with E-state index in [1.54, 1.807) is 0 Å². The lowest BCUT2D eigenvalue weighted by Crippen LogP contribution is -2.43. The Morgan fingerprint density at radius 2 is 1.09 bits per heavy atom. The molecule has 7 aromatic rings. The van der Waals surface area contributed by atoms with Crippen molar-refractivity contribution in [2.24, 2.45) is 15.9 Å². The highest BCUT2D eigenvalue weighted by molar-refractivity contribution is 6.13. The monoisotopic (exact) mass is 752 g/mol. The molecule has 0 saturated heterocycles. The maximum atomic E-state index is 6.58. The number of hydrogen-bond acceptors (Lipinski definition) is 7. The Labute approximate surface area is 338 Å². The number of hydrogen-bond donors (Lipinski definition) is 1. The van der Waals surface area contributed by atoms with Crippen LogP contribution in [-0.2, 0) is 5.41 Å². The highest BCUT2D eigenvalue weighted by Crippen LogP contribution is 2.48. The molecular weight excluding hydrogens is 713 g/mol. The lowest BCUT2D eigenvalue weighted by atomic mass is 9.67. The van der Waals surface area contributed by atoms with Gasteiger partial charge in [0.1, 0.15) is 23.9 Å². The molecule has 0 spiro atoms. The van der Waals surface area contributed by atoms with Crippen LogP contribution in [0.2, 0.25) is 0 Å². The number of rotatable bonds is 7. The molecule has 1 N–H and O–H groups in total. The highest BCUT2D eigenvalue weighted by atomic mass is 16.5. The molecular formula is C51H40N6O. The van der Waals surface area contributed by atoms with Crippen LogP contribution in [0.25, 0.3) is 39.7 Å². The molecule has 10 rings (SSSR count). The first kappa shape index (κ1) is 35.2. The van der Waals surface area contributed by atoms with Crippen LogP contribution >= 0.6 is 0 Å². The van der Waals surface area contributed by atoms with Gasteiger partial charge in [0.25, 0.3) is 0 Å². The molecule has 0 saturated carbocycles. The lowest BCUT2D eigenvalue weighted by molar-refractivity contribution is 0.123. The van der Waals surface area contributed by atoms with Gasteiger partial charge in [-0.15, -0.1) is 0 Å². The topological polar surface area (TPSA) is 84.6 Å². The number of ether oxygens (including phenoxy) is 1. The van der Waals surface area contributed by atoms with Gasteiger partial charge in [0, 0.05) is 44.7 Å². The predicted molar refractivity (Wildman–Crippen MR) is 232 cm³/mol. The molecule has 0 amide bonds. The van der Waals surface area contributed by atoms with E-state index in [1.165, 1.54) is 5.56 Å². The quantitative estimate of drug-likeness (QED) is 0.175. The van der Waals surface area contributed by atoms with Crippen molar-refractivity contribution in [2.45, 2.75) is 31.5 Å². The molecule has 2 aliphatic heterocycles. The fourth-order valence-corrected chi connectivity index (χ4v) is 8.13. The Balaban J connectivity index is 1.17. The fourth-order valence-electron chi connectivity index (χ4n) is 8.13. The maximum Gasteiger partial charge on any atom is 0.164 e. The number of benzene rings is 6. The molecule has 0 bridgehead atoms. The van der Waals surface area contributed by atoms with Crippen LogP contribution in [-0.4, -0.2) is 32.7 Å². The zero-order valence-electron chi connectivity index (χ0n) is 32.2. The zero-order valence-corrected chi connectivity index (χ0v) is 32.2. The van der Waals surface area contributed by atoms with Gasteiger partial charge in [-0.25, -0.2) is 24.9 Å². The Bertz CT molecular complexity index is 2700. The van der Waals surface area contributed by atoms with E-state index in [1.807, 2.05) is 103 Å². The van der Waals surface area contributed by atoms with E-state index in [0.29, 0.717) is 23.3 Å². The molecule has 7 heteroatoms. The first-order valence-electron chi connectivity index (χ1n) is 19.7. The van der Waals surface area contributed by atoms with Gasteiger partial charge < -0.3 is 10.1 Å². The number of para-hydroxylation sites is 1. The molecule has 6 aromatic carbocycles. The molecule has 280 valence electrons. The second-order valence-electron chi connectivity index (χ2n) is 15.4. The summed E-state index contributed by atoms with van der Waals surface area (Å²) in [5, 5.41) is 3.60. The van der Waals surface area contributed by atoms with Gasteiger partial charge in [0.05, 0.1) is 0 Å². The van der Waals surface area contributed by atoms with E-state index >= 15 is 0 Å². The molecule has 1 aromatic heterocycles. The zero-order chi connectivity index (χ0) is 39.1. The molecule has 0 radical (unpaired) electrons. The van der Waals surface area contributed by atoms with E-state index in [9.17, 15) is 0 Å². The smallest absolute Gasteiger partial charge is 0.164 e. The summed E-state index contributed by atoms with van der Waals surface area (Å²) >= 11 is 0. The number of amidine groups is 2. The van der Waals surface area contributed by atoms with Gasteiger partial charge >= 0.3 is 0 Å². The Hall–Kier alpha value is -7.25. The molecule has 3 atom stereocenters. The number of nitrogens with zero attached hydrogens (tertiary/aromatic N) is 5. The average Bonchev–Trinajstić information content (AvgIpc) is 3.30. The number of fused-ring (bicyclic) bond motifs is 2. The largest absolute Gasteiger partial charge is 0.485 e. The normalized spacial score (nSPS) is 19.0. The highest BCUT2D eigenvalue weighted by Gasteiger charge is 2.43. The van der Waals surface area contributed by atoms with Gasteiger partial charge in [-0.05, 0) is 47.0 Å². The van der Waals surface area contributed by atoms with Gasteiger partial charge in [-0.2, -0.15) is 0 Å². The maximum absolute atomic E-state index is 6.58. The summed E-state index contributed by atoms with van der Waals surface area (Å²) < 4.78 is 6.58. The second kappa shape index (κ2) is 14.7. The average molecular weight is 753 g/mol. The van der Waals surface area contributed by atoms with Crippen molar-refractivity contribution < 1.29 is 4.74 Å². The summed E-state index contributed by atoms with van der Waals surface area (Å²) in [6.07, 6.45) is 6.32. The first-order valence-corrected chi connectivity index (χ1v) is 19.7. The Morgan fingerprint density at radius 1 is 0.552 bits per heavy atom. The minimum Gasteiger partial charge on any atom is -0.485 e. The van der Waals surface area contributed by atoms with Crippen molar-refractivity contribution in [3.8, 4) is 39.9 Å². The summed E-state index contributed by atoms with van der Waals surface area (Å²) in [7, 11) is 0. The molecule has 1 aliphatic carbocycles. The molecule has 3 aliphatic rings. The minimum absolute atomic E-state index is 0.0832.